The van der Waals surface area contributed by atoms with Crippen molar-refractivity contribution < 1.29 is 19.0 Å². The molecular weight excluding hydrogens is 323 g/mol. The summed E-state index contributed by atoms with van der Waals surface area (Å²) in [5.41, 5.74) is 0.536. The maximum atomic E-state index is 14.2. The number of benzene rings is 1. The van der Waals surface area contributed by atoms with Crippen molar-refractivity contribution in [2.75, 3.05) is 25.5 Å². The van der Waals surface area contributed by atoms with Gasteiger partial charge in [-0.15, -0.1) is 0 Å². The number of nitrogens with one attached hydrogen (secondary N) is 1. The molecule has 1 saturated heterocycles. The Morgan fingerprint density at radius 2 is 2.04 bits per heavy atom. The number of hydrogen-bond acceptors (Lipinski definition) is 4. The lowest BCUT2D eigenvalue weighted by atomic mass is 9.97. The van der Waals surface area contributed by atoms with Gasteiger partial charge in [0.15, 0.2) is 11.6 Å². The SMILES string of the molecule is CNc1ccc(CC(=O)N2CC[C@@H](OC3CCCCC3)C2)c(F)c1O. The van der Waals surface area contributed by atoms with Crippen LogP contribution in [0, 0.1) is 5.82 Å². The summed E-state index contributed by atoms with van der Waals surface area (Å²) in [6.45, 7) is 1.23. The number of carbonyl (C=O) groups is 1. The van der Waals surface area contributed by atoms with Crippen molar-refractivity contribution in [2.45, 2.75) is 57.2 Å². The van der Waals surface area contributed by atoms with E-state index in [0.29, 0.717) is 24.9 Å². The predicted molar refractivity (Wildman–Crippen MR) is 94.3 cm³/mol. The van der Waals surface area contributed by atoms with Crippen LogP contribution in [0.3, 0.4) is 0 Å². The topological polar surface area (TPSA) is 61.8 Å². The third-order valence-electron chi connectivity index (χ3n) is 5.24. The first-order valence-electron chi connectivity index (χ1n) is 9.19. The number of nitrogens with zero attached hydrogens (tertiary/aromatic N) is 1. The molecular formula is C19H27FN2O3. The van der Waals surface area contributed by atoms with E-state index < -0.39 is 11.6 Å². The average molecular weight is 350 g/mol. The molecule has 1 heterocycles. The van der Waals surface area contributed by atoms with Crippen molar-refractivity contribution in [1.82, 2.24) is 4.90 Å². The van der Waals surface area contributed by atoms with Crippen LogP contribution in [0.4, 0.5) is 10.1 Å². The first-order chi connectivity index (χ1) is 12.1. The van der Waals surface area contributed by atoms with Gasteiger partial charge in [-0.1, -0.05) is 25.3 Å². The van der Waals surface area contributed by atoms with Crippen LogP contribution in [-0.2, 0) is 16.0 Å². The van der Waals surface area contributed by atoms with Gasteiger partial charge in [-0.25, -0.2) is 4.39 Å². The molecule has 1 aliphatic carbocycles. The molecule has 0 aromatic heterocycles. The summed E-state index contributed by atoms with van der Waals surface area (Å²) in [4.78, 5) is 14.2. The van der Waals surface area contributed by atoms with Crippen LogP contribution < -0.4 is 5.32 Å². The zero-order valence-electron chi connectivity index (χ0n) is 14.8. The Hall–Kier alpha value is -1.82. The van der Waals surface area contributed by atoms with Crippen molar-refractivity contribution >= 4 is 11.6 Å². The van der Waals surface area contributed by atoms with Gasteiger partial charge in [0.25, 0.3) is 0 Å². The average Bonchev–Trinajstić information content (AvgIpc) is 3.09. The van der Waals surface area contributed by atoms with Gasteiger partial charge in [0, 0.05) is 25.7 Å². The Morgan fingerprint density at radius 3 is 2.76 bits per heavy atom. The number of anilines is 1. The van der Waals surface area contributed by atoms with Gasteiger partial charge in [-0.2, -0.15) is 0 Å². The largest absolute Gasteiger partial charge is 0.503 e. The molecule has 1 amide bonds. The molecule has 3 rings (SSSR count). The lowest BCUT2D eigenvalue weighted by molar-refractivity contribution is -0.130. The van der Waals surface area contributed by atoms with Gasteiger partial charge in [0.1, 0.15) is 0 Å². The predicted octanol–water partition coefficient (Wildman–Crippen LogP) is 3.07. The summed E-state index contributed by atoms with van der Waals surface area (Å²) in [7, 11) is 1.61. The summed E-state index contributed by atoms with van der Waals surface area (Å²) >= 11 is 0. The summed E-state index contributed by atoms with van der Waals surface area (Å²) in [5, 5.41) is 12.5. The number of ether oxygens (including phenoxy) is 1. The Morgan fingerprint density at radius 1 is 1.28 bits per heavy atom. The van der Waals surface area contributed by atoms with E-state index in [2.05, 4.69) is 5.32 Å². The van der Waals surface area contributed by atoms with Crippen LogP contribution in [0.25, 0.3) is 0 Å². The molecule has 0 unspecified atom stereocenters. The molecule has 25 heavy (non-hydrogen) atoms. The molecule has 6 heteroatoms. The van der Waals surface area contributed by atoms with E-state index >= 15 is 0 Å². The Labute approximate surface area is 148 Å². The first-order valence-corrected chi connectivity index (χ1v) is 9.19. The van der Waals surface area contributed by atoms with Gasteiger partial charge >= 0.3 is 0 Å². The zero-order chi connectivity index (χ0) is 17.8. The van der Waals surface area contributed by atoms with E-state index in [1.54, 1.807) is 24.1 Å². The van der Waals surface area contributed by atoms with Crippen LogP contribution in [0.5, 0.6) is 5.75 Å². The molecule has 1 atom stereocenters. The smallest absolute Gasteiger partial charge is 0.227 e. The molecule has 1 saturated carbocycles. The standard InChI is InChI=1S/C19H27FN2O3/c1-21-16-8-7-13(18(20)19(16)24)11-17(23)22-10-9-15(12-22)25-14-5-3-2-4-6-14/h7-8,14-15,21,24H,2-6,9-12H2,1H3/t15-/m1/s1. The summed E-state index contributed by atoms with van der Waals surface area (Å²) < 4.78 is 20.3. The maximum absolute atomic E-state index is 14.2. The minimum atomic E-state index is -0.727. The number of amides is 1. The molecule has 2 fully saturated rings. The first kappa shape index (κ1) is 18.0. The maximum Gasteiger partial charge on any atom is 0.227 e. The molecule has 1 aromatic rings. The van der Waals surface area contributed by atoms with Crippen molar-refractivity contribution in [1.29, 1.82) is 0 Å². The van der Waals surface area contributed by atoms with Gasteiger partial charge < -0.3 is 20.1 Å². The minimum Gasteiger partial charge on any atom is -0.503 e. The van der Waals surface area contributed by atoms with E-state index in [9.17, 15) is 14.3 Å². The lowest BCUT2D eigenvalue weighted by Gasteiger charge is -2.25. The molecule has 0 spiro atoms. The quantitative estimate of drug-likeness (QED) is 0.801. The molecule has 138 valence electrons. The number of likely N-dealkylation sites (tertiary alicyclic amines) is 1. The van der Waals surface area contributed by atoms with Crippen molar-refractivity contribution in [3.8, 4) is 5.75 Å². The zero-order valence-corrected chi connectivity index (χ0v) is 14.8. The highest BCUT2D eigenvalue weighted by Crippen LogP contribution is 2.29. The molecule has 2 N–H and O–H groups in total. The van der Waals surface area contributed by atoms with E-state index in [-0.39, 0.29) is 24.0 Å². The fraction of sp³-hybridized carbons (Fsp3) is 0.632. The number of rotatable bonds is 5. The van der Waals surface area contributed by atoms with Gasteiger partial charge in [0.2, 0.25) is 5.91 Å². The fourth-order valence-corrected chi connectivity index (χ4v) is 3.76. The highest BCUT2D eigenvalue weighted by molar-refractivity contribution is 5.79. The number of phenols is 1. The Bertz CT molecular complexity index is 617. The van der Waals surface area contributed by atoms with E-state index in [4.69, 9.17) is 4.74 Å². The van der Waals surface area contributed by atoms with Gasteiger partial charge in [-0.3, -0.25) is 4.79 Å². The Balaban J connectivity index is 1.54. The van der Waals surface area contributed by atoms with E-state index in [1.807, 2.05) is 0 Å². The van der Waals surface area contributed by atoms with Crippen molar-refractivity contribution in [3.05, 3.63) is 23.5 Å². The van der Waals surface area contributed by atoms with Gasteiger partial charge in [0.05, 0.1) is 24.3 Å². The number of halogens is 1. The molecule has 1 aliphatic heterocycles. The Kier molecular flexibility index (Phi) is 5.78. The summed E-state index contributed by atoms with van der Waals surface area (Å²) in [6.07, 6.45) is 7.21. The molecule has 5 nitrogen and oxygen atoms in total. The van der Waals surface area contributed by atoms with Crippen molar-refractivity contribution in [2.24, 2.45) is 0 Å². The van der Waals surface area contributed by atoms with Crippen LogP contribution in [0.1, 0.15) is 44.1 Å². The van der Waals surface area contributed by atoms with E-state index in [0.717, 1.165) is 19.3 Å². The molecule has 1 aromatic carbocycles. The molecule has 0 bridgehead atoms. The highest BCUT2D eigenvalue weighted by atomic mass is 19.1. The van der Waals surface area contributed by atoms with E-state index in [1.165, 1.54) is 19.3 Å². The third-order valence-corrected chi connectivity index (χ3v) is 5.24. The normalized spacial score (nSPS) is 21.5. The van der Waals surface area contributed by atoms with Crippen LogP contribution in [0.2, 0.25) is 0 Å². The summed E-state index contributed by atoms with van der Waals surface area (Å²) in [5.74, 6) is -1.28. The minimum absolute atomic E-state index is 0.0421. The summed E-state index contributed by atoms with van der Waals surface area (Å²) in [6, 6.07) is 3.13. The number of aromatic hydroxyl groups is 1. The van der Waals surface area contributed by atoms with Crippen LogP contribution in [-0.4, -0.2) is 48.3 Å². The number of hydrogen-bond donors (Lipinski definition) is 2. The van der Waals surface area contributed by atoms with Gasteiger partial charge in [-0.05, 0) is 25.3 Å². The van der Waals surface area contributed by atoms with Crippen LogP contribution in [0.15, 0.2) is 12.1 Å². The van der Waals surface area contributed by atoms with Crippen LogP contribution >= 0.6 is 0 Å². The second-order valence-electron chi connectivity index (χ2n) is 7.01. The highest BCUT2D eigenvalue weighted by Gasteiger charge is 2.29. The lowest BCUT2D eigenvalue weighted by Crippen LogP contribution is -2.33. The number of carbonyl (C=O) groups excluding carboxylic acids is 1. The fourth-order valence-electron chi connectivity index (χ4n) is 3.76. The molecule has 0 radical (unpaired) electrons. The second kappa shape index (κ2) is 8.04. The van der Waals surface area contributed by atoms with Crippen molar-refractivity contribution in [3.63, 3.8) is 0 Å². The third kappa shape index (κ3) is 4.24. The second-order valence-corrected chi connectivity index (χ2v) is 7.01. The number of phenolic OH excluding ortho intramolecular Hbond substituents is 1. The monoisotopic (exact) mass is 350 g/mol. The molecule has 2 aliphatic rings.